The van der Waals surface area contributed by atoms with Gasteiger partial charge >= 0.3 is 7.82 Å². The van der Waals surface area contributed by atoms with Crippen LogP contribution in [0.3, 0.4) is 0 Å². The molecule has 0 aromatic rings. The van der Waals surface area contributed by atoms with E-state index in [0.29, 0.717) is 23.9 Å². The van der Waals surface area contributed by atoms with E-state index in [1.807, 2.05) is 21.1 Å². The van der Waals surface area contributed by atoms with E-state index in [2.05, 4.69) is 31.3 Å². The lowest BCUT2D eigenvalue weighted by Gasteiger charge is -2.26. The summed E-state index contributed by atoms with van der Waals surface area (Å²) in [4.78, 5) is 23.5. The topological polar surface area (TPSA) is 105 Å². The minimum absolute atomic E-state index is 0.0785. The van der Waals surface area contributed by atoms with Crippen molar-refractivity contribution in [3.8, 4) is 0 Å². The maximum absolute atomic E-state index is 13.1. The van der Waals surface area contributed by atoms with Crippen LogP contribution in [-0.4, -0.2) is 73.4 Å². The molecule has 3 N–H and O–H groups in total. The summed E-state index contributed by atoms with van der Waals surface area (Å²) in [5.41, 5.74) is 0. The largest absolute Gasteiger partial charge is 0.472 e. The molecular formula is C73H148N2O6P+. The second-order valence-corrected chi connectivity index (χ2v) is 28.5. The van der Waals surface area contributed by atoms with Crippen molar-refractivity contribution in [2.24, 2.45) is 0 Å². The molecule has 8 nitrogen and oxygen atoms in total. The van der Waals surface area contributed by atoms with E-state index >= 15 is 0 Å². The van der Waals surface area contributed by atoms with Crippen molar-refractivity contribution in [1.82, 2.24) is 5.32 Å². The lowest BCUT2D eigenvalue weighted by Crippen LogP contribution is -2.46. The Labute approximate surface area is 513 Å². The van der Waals surface area contributed by atoms with Crippen LogP contribution in [0.25, 0.3) is 0 Å². The minimum atomic E-state index is -4.33. The summed E-state index contributed by atoms with van der Waals surface area (Å²) in [6.07, 6.45) is 83.3. The van der Waals surface area contributed by atoms with E-state index in [9.17, 15) is 19.4 Å². The number of nitrogens with zero attached hydrogens (tertiary/aromatic N) is 1. The molecule has 0 aliphatic heterocycles. The van der Waals surface area contributed by atoms with E-state index in [1.165, 1.54) is 334 Å². The average Bonchev–Trinajstić information content (AvgIpc) is 3.47. The Balaban J connectivity index is 3.96. The second kappa shape index (κ2) is 64.7. The number of likely N-dealkylation sites (N-methyl/N-ethyl adjacent to an activating group) is 1. The first-order valence-electron chi connectivity index (χ1n) is 37.1. The van der Waals surface area contributed by atoms with Crippen LogP contribution in [0.15, 0.2) is 12.2 Å². The number of carbonyl (C=O) groups is 1. The summed E-state index contributed by atoms with van der Waals surface area (Å²) >= 11 is 0. The third kappa shape index (κ3) is 66.8. The van der Waals surface area contributed by atoms with Crippen LogP contribution in [0.5, 0.6) is 0 Å². The van der Waals surface area contributed by atoms with Gasteiger partial charge in [-0.1, -0.05) is 366 Å². The van der Waals surface area contributed by atoms with Gasteiger partial charge in [-0.05, 0) is 38.5 Å². The van der Waals surface area contributed by atoms with Gasteiger partial charge in [-0.15, -0.1) is 0 Å². The van der Waals surface area contributed by atoms with Crippen molar-refractivity contribution in [3.05, 3.63) is 12.2 Å². The molecule has 0 aromatic heterocycles. The van der Waals surface area contributed by atoms with E-state index in [-0.39, 0.29) is 19.1 Å². The number of aliphatic hydroxyl groups excluding tert-OH is 1. The van der Waals surface area contributed by atoms with Crippen molar-refractivity contribution in [2.45, 2.75) is 411 Å². The summed E-state index contributed by atoms with van der Waals surface area (Å²) in [5, 5.41) is 14.2. The normalized spacial score (nSPS) is 13.6. The first kappa shape index (κ1) is 81.2. The van der Waals surface area contributed by atoms with Crippen molar-refractivity contribution < 1.29 is 32.9 Å². The van der Waals surface area contributed by atoms with E-state index < -0.39 is 20.0 Å². The molecule has 0 aliphatic carbocycles. The zero-order chi connectivity index (χ0) is 59.8. The van der Waals surface area contributed by atoms with E-state index in [4.69, 9.17) is 9.05 Å². The quantitative estimate of drug-likeness (QED) is 0.0243. The number of hydrogen-bond donors (Lipinski definition) is 3. The van der Waals surface area contributed by atoms with E-state index in [1.54, 1.807) is 0 Å². The van der Waals surface area contributed by atoms with Crippen LogP contribution in [0, 0.1) is 0 Å². The number of rotatable bonds is 70. The second-order valence-electron chi connectivity index (χ2n) is 27.0. The maximum Gasteiger partial charge on any atom is 0.472 e. The number of hydrogen-bond acceptors (Lipinski definition) is 5. The monoisotopic (exact) mass is 1180 g/mol. The number of phosphoric ester groups is 1. The summed E-state index contributed by atoms with van der Waals surface area (Å²) < 4.78 is 23.9. The standard InChI is InChI=1S/C73H147N2O6P/c1-6-8-10-12-14-16-18-20-22-24-26-28-30-32-34-36-37-39-41-43-45-47-49-51-53-55-57-59-61-63-65-67-73(77)74-71(70-81-82(78,79)80-69-68-75(3,4)5)72(76)66-64-62-60-58-56-54-52-50-48-46-44-42-40-38-35-33-31-29-27-25-23-21-19-17-15-13-11-9-7-2/h24,26,71-72,76H,6-23,25,27-70H2,1-5H3,(H-,74,77,78,79)/p+1/b26-24-. The lowest BCUT2D eigenvalue weighted by atomic mass is 10.0. The number of phosphoric acid groups is 1. The summed E-state index contributed by atoms with van der Waals surface area (Å²) in [6, 6.07) is -0.759. The SMILES string of the molecule is CCCCCCCCCC/C=C\CCCCCCCCCCCCCCCCCCCCCC(=O)NC(COP(=O)(O)OCC[N+](C)(C)C)C(O)CCCCCCCCCCCCCCCCCCCCCCCCCCCCCCC. The molecule has 9 heteroatoms. The molecule has 0 heterocycles. The van der Waals surface area contributed by atoms with Gasteiger partial charge < -0.3 is 19.8 Å². The molecule has 0 bridgehead atoms. The fraction of sp³-hybridized carbons (Fsp3) is 0.959. The third-order valence-corrected chi connectivity index (χ3v) is 18.5. The molecule has 0 aromatic carbocycles. The van der Waals surface area contributed by atoms with Crippen LogP contribution in [-0.2, 0) is 18.4 Å². The molecule has 490 valence electrons. The number of unbranched alkanes of at least 4 members (excludes halogenated alkanes) is 55. The molecule has 82 heavy (non-hydrogen) atoms. The van der Waals surface area contributed by atoms with Crippen molar-refractivity contribution >= 4 is 13.7 Å². The highest BCUT2D eigenvalue weighted by atomic mass is 31.2. The van der Waals surface area contributed by atoms with Gasteiger partial charge in [0.2, 0.25) is 5.91 Å². The molecule has 0 saturated heterocycles. The predicted molar refractivity (Wildman–Crippen MR) is 360 cm³/mol. The highest BCUT2D eigenvalue weighted by molar-refractivity contribution is 7.47. The molecule has 0 aliphatic rings. The Bertz CT molecular complexity index is 1340. The molecule has 0 fully saturated rings. The summed E-state index contributed by atoms with van der Waals surface area (Å²) in [6.45, 7) is 4.96. The van der Waals surface area contributed by atoms with Crippen molar-refractivity contribution in [2.75, 3.05) is 40.9 Å². The first-order chi connectivity index (χ1) is 40.0. The fourth-order valence-electron chi connectivity index (χ4n) is 11.8. The zero-order valence-electron chi connectivity index (χ0n) is 56.3. The van der Waals surface area contributed by atoms with Crippen LogP contribution < -0.4 is 5.32 Å². The number of quaternary nitrogens is 1. The molecule has 1 amide bonds. The third-order valence-electron chi connectivity index (χ3n) is 17.5. The van der Waals surface area contributed by atoms with Gasteiger partial charge in [0.05, 0.1) is 39.9 Å². The fourth-order valence-corrected chi connectivity index (χ4v) is 12.5. The van der Waals surface area contributed by atoms with Gasteiger partial charge in [0, 0.05) is 6.42 Å². The minimum Gasteiger partial charge on any atom is -0.391 e. The Hall–Kier alpha value is -0.760. The number of carbonyl (C=O) groups excluding carboxylic acids is 1. The summed E-state index contributed by atoms with van der Waals surface area (Å²) in [5.74, 6) is -0.134. The number of allylic oxidation sites excluding steroid dienone is 2. The highest BCUT2D eigenvalue weighted by Gasteiger charge is 2.28. The Morgan fingerprint density at radius 1 is 0.402 bits per heavy atom. The Morgan fingerprint density at radius 2 is 0.659 bits per heavy atom. The molecular weight excluding hydrogens is 1030 g/mol. The molecule has 0 saturated carbocycles. The molecule has 0 rings (SSSR count). The number of nitrogens with one attached hydrogen (secondary N) is 1. The van der Waals surface area contributed by atoms with Crippen molar-refractivity contribution in [3.63, 3.8) is 0 Å². The Morgan fingerprint density at radius 3 is 0.939 bits per heavy atom. The average molecular weight is 1180 g/mol. The van der Waals surface area contributed by atoms with Gasteiger partial charge in [-0.2, -0.15) is 0 Å². The lowest BCUT2D eigenvalue weighted by molar-refractivity contribution is -0.870. The van der Waals surface area contributed by atoms with Crippen LogP contribution in [0.2, 0.25) is 0 Å². The van der Waals surface area contributed by atoms with E-state index in [0.717, 1.165) is 38.5 Å². The Kier molecular flexibility index (Phi) is 64.1. The molecule has 3 unspecified atom stereocenters. The smallest absolute Gasteiger partial charge is 0.391 e. The molecule has 0 radical (unpaired) electrons. The van der Waals surface area contributed by atoms with Crippen LogP contribution >= 0.6 is 7.82 Å². The number of aliphatic hydroxyl groups is 1. The molecule has 0 spiro atoms. The predicted octanol–water partition coefficient (Wildman–Crippen LogP) is 23.7. The van der Waals surface area contributed by atoms with Crippen molar-refractivity contribution in [1.29, 1.82) is 0 Å². The van der Waals surface area contributed by atoms with Gasteiger partial charge in [0.15, 0.2) is 0 Å². The van der Waals surface area contributed by atoms with Gasteiger partial charge in [-0.3, -0.25) is 13.8 Å². The highest BCUT2D eigenvalue weighted by Crippen LogP contribution is 2.43. The maximum atomic E-state index is 13.1. The van der Waals surface area contributed by atoms with Gasteiger partial charge in [-0.25, -0.2) is 4.57 Å². The van der Waals surface area contributed by atoms with Crippen LogP contribution in [0.1, 0.15) is 399 Å². The number of amides is 1. The first-order valence-corrected chi connectivity index (χ1v) is 38.5. The van der Waals surface area contributed by atoms with Crippen LogP contribution in [0.4, 0.5) is 0 Å². The zero-order valence-corrected chi connectivity index (χ0v) is 57.2. The van der Waals surface area contributed by atoms with Gasteiger partial charge in [0.25, 0.3) is 0 Å². The van der Waals surface area contributed by atoms with Gasteiger partial charge in [0.1, 0.15) is 13.2 Å². The summed E-state index contributed by atoms with van der Waals surface area (Å²) in [7, 11) is 1.64. The molecule has 3 atom stereocenters.